The fourth-order valence-electron chi connectivity index (χ4n) is 2.58. The molecule has 1 N–H and O–H groups in total. The van der Waals surface area contributed by atoms with E-state index >= 15 is 0 Å². The van der Waals surface area contributed by atoms with Crippen LogP contribution in [0.1, 0.15) is 23.5 Å². The lowest BCUT2D eigenvalue weighted by molar-refractivity contribution is -0.115. The summed E-state index contributed by atoms with van der Waals surface area (Å²) in [6.45, 7) is 0. The van der Waals surface area contributed by atoms with Crippen molar-refractivity contribution in [3.63, 3.8) is 0 Å². The third kappa shape index (κ3) is 2.60. The SMILES string of the molecule is O=C1Nc2ccccc2C(c2ccc(Cl)cc2)CC1Br. The summed E-state index contributed by atoms with van der Waals surface area (Å²) in [4.78, 5) is 11.8. The maximum atomic E-state index is 12.0. The number of amides is 1. The number of para-hydroxylation sites is 1. The van der Waals surface area contributed by atoms with E-state index in [1.165, 1.54) is 5.56 Å². The zero-order valence-corrected chi connectivity index (χ0v) is 13.0. The average molecular weight is 351 g/mol. The molecule has 4 heteroatoms. The van der Waals surface area contributed by atoms with Gasteiger partial charge in [-0.3, -0.25) is 4.79 Å². The Hall–Kier alpha value is -1.32. The van der Waals surface area contributed by atoms with Crippen LogP contribution in [-0.4, -0.2) is 10.7 Å². The lowest BCUT2D eigenvalue weighted by atomic mass is 9.87. The zero-order chi connectivity index (χ0) is 14.1. The van der Waals surface area contributed by atoms with E-state index in [0.717, 1.165) is 22.7 Å². The van der Waals surface area contributed by atoms with Crippen molar-refractivity contribution in [2.75, 3.05) is 5.32 Å². The highest BCUT2D eigenvalue weighted by molar-refractivity contribution is 9.10. The second-order valence-electron chi connectivity index (χ2n) is 4.88. The molecule has 2 nitrogen and oxygen atoms in total. The Morgan fingerprint density at radius 1 is 1.10 bits per heavy atom. The van der Waals surface area contributed by atoms with E-state index < -0.39 is 0 Å². The number of benzene rings is 2. The van der Waals surface area contributed by atoms with Gasteiger partial charge >= 0.3 is 0 Å². The molecule has 102 valence electrons. The molecule has 20 heavy (non-hydrogen) atoms. The number of anilines is 1. The monoisotopic (exact) mass is 349 g/mol. The van der Waals surface area contributed by atoms with Gasteiger partial charge in [0.1, 0.15) is 0 Å². The summed E-state index contributed by atoms with van der Waals surface area (Å²) >= 11 is 9.44. The molecule has 0 radical (unpaired) electrons. The average Bonchev–Trinajstić information content (AvgIpc) is 2.58. The predicted molar refractivity (Wildman–Crippen MR) is 85.7 cm³/mol. The molecular formula is C16H13BrClNO. The van der Waals surface area contributed by atoms with Crippen LogP contribution in [0.4, 0.5) is 5.69 Å². The van der Waals surface area contributed by atoms with Crippen LogP contribution in [0.25, 0.3) is 0 Å². The van der Waals surface area contributed by atoms with Crippen LogP contribution in [0.15, 0.2) is 48.5 Å². The minimum atomic E-state index is -0.199. The van der Waals surface area contributed by atoms with Gasteiger partial charge < -0.3 is 5.32 Å². The fourth-order valence-corrected chi connectivity index (χ4v) is 3.19. The van der Waals surface area contributed by atoms with Gasteiger partial charge in [0.15, 0.2) is 0 Å². The highest BCUT2D eigenvalue weighted by Gasteiger charge is 2.28. The van der Waals surface area contributed by atoms with E-state index in [-0.39, 0.29) is 16.7 Å². The number of halogens is 2. The first kappa shape index (κ1) is 13.7. The zero-order valence-electron chi connectivity index (χ0n) is 10.6. The Morgan fingerprint density at radius 2 is 1.80 bits per heavy atom. The van der Waals surface area contributed by atoms with Crippen molar-refractivity contribution in [2.24, 2.45) is 0 Å². The summed E-state index contributed by atoms with van der Waals surface area (Å²) in [6.07, 6.45) is 0.727. The summed E-state index contributed by atoms with van der Waals surface area (Å²) in [6, 6.07) is 15.8. The molecule has 2 atom stereocenters. The van der Waals surface area contributed by atoms with Crippen molar-refractivity contribution in [3.05, 3.63) is 64.7 Å². The Bertz CT molecular complexity index is 641. The molecule has 1 amide bonds. The van der Waals surface area contributed by atoms with Gasteiger partial charge in [0.25, 0.3) is 0 Å². The predicted octanol–water partition coefficient (Wildman–Crippen LogP) is 4.58. The third-order valence-corrected chi connectivity index (χ3v) is 4.64. The quantitative estimate of drug-likeness (QED) is 0.750. The first-order chi connectivity index (χ1) is 9.65. The molecule has 2 aromatic rings. The number of carbonyl (C=O) groups is 1. The third-order valence-electron chi connectivity index (χ3n) is 3.59. The first-order valence-electron chi connectivity index (χ1n) is 6.44. The van der Waals surface area contributed by atoms with Crippen molar-refractivity contribution in [3.8, 4) is 0 Å². The number of hydrogen-bond acceptors (Lipinski definition) is 1. The van der Waals surface area contributed by atoms with E-state index in [1.807, 2.05) is 42.5 Å². The van der Waals surface area contributed by atoms with Gasteiger partial charge in [-0.15, -0.1) is 0 Å². The molecule has 1 heterocycles. The second-order valence-corrected chi connectivity index (χ2v) is 6.43. The fraction of sp³-hybridized carbons (Fsp3) is 0.188. The Morgan fingerprint density at radius 3 is 2.55 bits per heavy atom. The van der Waals surface area contributed by atoms with Crippen molar-refractivity contribution in [2.45, 2.75) is 17.2 Å². The Kier molecular flexibility index (Phi) is 3.81. The van der Waals surface area contributed by atoms with Crippen molar-refractivity contribution in [1.29, 1.82) is 0 Å². The van der Waals surface area contributed by atoms with E-state index in [4.69, 9.17) is 11.6 Å². The number of fused-ring (bicyclic) bond motifs is 1. The number of alkyl halides is 1. The molecule has 0 saturated heterocycles. The van der Waals surface area contributed by atoms with Gasteiger partial charge in [-0.05, 0) is 35.7 Å². The number of hydrogen-bond donors (Lipinski definition) is 1. The van der Waals surface area contributed by atoms with Crippen LogP contribution in [0.3, 0.4) is 0 Å². The van der Waals surface area contributed by atoms with Crippen LogP contribution in [0.5, 0.6) is 0 Å². The molecule has 0 saturated carbocycles. The minimum Gasteiger partial charge on any atom is -0.325 e. The summed E-state index contributed by atoms with van der Waals surface area (Å²) < 4.78 is 0. The smallest absolute Gasteiger partial charge is 0.238 e. The van der Waals surface area contributed by atoms with Crippen LogP contribution < -0.4 is 5.32 Å². The van der Waals surface area contributed by atoms with Gasteiger partial charge in [-0.1, -0.05) is 57.9 Å². The highest BCUT2D eigenvalue weighted by Crippen LogP contribution is 2.38. The number of rotatable bonds is 1. The summed E-state index contributed by atoms with van der Waals surface area (Å²) in [5.41, 5.74) is 3.20. The second kappa shape index (κ2) is 5.58. The summed E-state index contributed by atoms with van der Waals surface area (Å²) in [5, 5.41) is 3.69. The van der Waals surface area contributed by atoms with E-state index in [0.29, 0.717) is 0 Å². The van der Waals surface area contributed by atoms with Crippen LogP contribution in [-0.2, 0) is 4.79 Å². The van der Waals surface area contributed by atoms with Gasteiger partial charge in [0.05, 0.1) is 4.83 Å². The summed E-state index contributed by atoms with van der Waals surface area (Å²) in [5.74, 6) is 0.181. The van der Waals surface area contributed by atoms with E-state index in [1.54, 1.807) is 0 Å². The van der Waals surface area contributed by atoms with Crippen molar-refractivity contribution >= 4 is 39.1 Å². The largest absolute Gasteiger partial charge is 0.325 e. The Balaban J connectivity index is 2.09. The molecular weight excluding hydrogens is 338 g/mol. The molecule has 1 aliphatic heterocycles. The van der Waals surface area contributed by atoms with E-state index in [9.17, 15) is 4.79 Å². The molecule has 0 fully saturated rings. The molecule has 0 aromatic heterocycles. The van der Waals surface area contributed by atoms with Gasteiger partial charge in [-0.2, -0.15) is 0 Å². The molecule has 2 aromatic carbocycles. The Labute approximate surface area is 131 Å². The normalized spacial score (nSPS) is 21.8. The first-order valence-corrected chi connectivity index (χ1v) is 7.74. The molecule has 2 unspecified atom stereocenters. The maximum absolute atomic E-state index is 12.0. The maximum Gasteiger partial charge on any atom is 0.238 e. The molecule has 3 rings (SSSR count). The topological polar surface area (TPSA) is 29.1 Å². The molecule has 0 bridgehead atoms. The van der Waals surface area contributed by atoms with Crippen molar-refractivity contribution < 1.29 is 4.79 Å². The highest BCUT2D eigenvalue weighted by atomic mass is 79.9. The lowest BCUT2D eigenvalue weighted by Crippen LogP contribution is -2.21. The summed E-state index contributed by atoms with van der Waals surface area (Å²) in [7, 11) is 0. The number of carbonyl (C=O) groups excluding carboxylic acids is 1. The van der Waals surface area contributed by atoms with E-state index in [2.05, 4.69) is 27.3 Å². The van der Waals surface area contributed by atoms with Crippen LogP contribution in [0.2, 0.25) is 5.02 Å². The van der Waals surface area contributed by atoms with Crippen LogP contribution >= 0.6 is 27.5 Å². The molecule has 1 aliphatic rings. The van der Waals surface area contributed by atoms with Crippen molar-refractivity contribution in [1.82, 2.24) is 0 Å². The lowest BCUT2D eigenvalue weighted by Gasteiger charge is -2.18. The van der Waals surface area contributed by atoms with Gasteiger partial charge in [-0.25, -0.2) is 0 Å². The minimum absolute atomic E-state index is 0.00825. The standard InChI is InChI=1S/C16H13BrClNO/c17-14-9-13(10-5-7-11(18)8-6-10)12-3-1-2-4-15(12)19-16(14)20/h1-8,13-14H,9H2,(H,19,20). The van der Waals surface area contributed by atoms with Gasteiger partial charge in [0.2, 0.25) is 5.91 Å². The number of nitrogens with one attached hydrogen (secondary N) is 1. The van der Waals surface area contributed by atoms with Gasteiger partial charge in [0, 0.05) is 16.6 Å². The van der Waals surface area contributed by atoms with Crippen LogP contribution in [0, 0.1) is 0 Å². The molecule has 0 spiro atoms. The molecule has 0 aliphatic carbocycles.